The highest BCUT2D eigenvalue weighted by atomic mass is 32.2. The monoisotopic (exact) mass is 260 g/mol. The summed E-state index contributed by atoms with van der Waals surface area (Å²) in [5, 5.41) is 8.96. The summed E-state index contributed by atoms with van der Waals surface area (Å²) in [6.07, 6.45) is 1.13. The first-order valence-electron chi connectivity index (χ1n) is 5.25. The van der Waals surface area contributed by atoms with Crippen LogP contribution in [-0.4, -0.2) is 20.6 Å². The molecule has 1 aliphatic heterocycles. The Morgan fingerprint density at radius 1 is 1.39 bits per heavy atom. The first-order chi connectivity index (χ1) is 8.68. The van der Waals surface area contributed by atoms with E-state index in [2.05, 4.69) is 4.98 Å². The number of para-hydroxylation sites is 1. The maximum atomic E-state index is 12.2. The quantitative estimate of drug-likeness (QED) is 0.842. The average molecular weight is 260 g/mol. The molecule has 0 unspecified atom stereocenters. The molecule has 90 valence electrons. The smallest absolute Gasteiger partial charge is 0.342 e. The summed E-state index contributed by atoms with van der Waals surface area (Å²) < 4.78 is 1.38. The average Bonchev–Trinajstić information content (AvgIpc) is 2.38. The van der Waals surface area contributed by atoms with Crippen LogP contribution in [0, 0.1) is 0 Å². The molecule has 0 amide bonds. The van der Waals surface area contributed by atoms with E-state index >= 15 is 0 Å². The molecule has 2 heterocycles. The zero-order chi connectivity index (χ0) is 12.7. The Bertz CT molecular complexity index is 709. The van der Waals surface area contributed by atoms with Crippen LogP contribution in [-0.2, 0) is 5.75 Å². The molecule has 0 saturated carbocycles. The molecule has 0 saturated heterocycles. The van der Waals surface area contributed by atoms with Crippen LogP contribution < -0.4 is 5.56 Å². The number of rotatable bonds is 1. The van der Waals surface area contributed by atoms with E-state index in [9.17, 15) is 9.59 Å². The fourth-order valence-electron chi connectivity index (χ4n) is 1.89. The molecule has 2 aromatic rings. The van der Waals surface area contributed by atoms with Gasteiger partial charge < -0.3 is 5.11 Å². The molecule has 0 radical (unpaired) electrons. The largest absolute Gasteiger partial charge is 0.477 e. The minimum absolute atomic E-state index is 0.305. The number of thioether (sulfide) groups is 1. The zero-order valence-corrected chi connectivity index (χ0v) is 9.98. The lowest BCUT2D eigenvalue weighted by atomic mass is 10.2. The van der Waals surface area contributed by atoms with E-state index in [-0.39, 0.29) is 5.56 Å². The van der Waals surface area contributed by atoms with E-state index in [0.717, 1.165) is 11.1 Å². The third kappa shape index (κ3) is 1.53. The van der Waals surface area contributed by atoms with Gasteiger partial charge in [-0.1, -0.05) is 12.1 Å². The lowest BCUT2D eigenvalue weighted by Crippen LogP contribution is -2.30. The van der Waals surface area contributed by atoms with E-state index < -0.39 is 11.5 Å². The summed E-state index contributed by atoms with van der Waals surface area (Å²) in [4.78, 5) is 28.1. The standard InChI is InChI=1S/C12H8N2O3S/c15-11-7(12(16)17)5-13-10-6-18-9-4-2-1-3-8(9)14(10)11/h1-5H,6H2,(H,16,17). The molecule has 5 nitrogen and oxygen atoms in total. The number of carbonyl (C=O) groups is 1. The highest BCUT2D eigenvalue weighted by Gasteiger charge is 2.21. The Morgan fingerprint density at radius 3 is 2.94 bits per heavy atom. The zero-order valence-electron chi connectivity index (χ0n) is 9.16. The minimum atomic E-state index is -1.25. The van der Waals surface area contributed by atoms with Gasteiger partial charge in [0, 0.05) is 11.1 Å². The van der Waals surface area contributed by atoms with E-state index in [1.807, 2.05) is 18.2 Å². The van der Waals surface area contributed by atoms with Gasteiger partial charge in [-0.2, -0.15) is 0 Å². The maximum absolute atomic E-state index is 12.2. The van der Waals surface area contributed by atoms with Crippen LogP contribution in [0.15, 0.2) is 40.2 Å². The van der Waals surface area contributed by atoms with Gasteiger partial charge in [-0.05, 0) is 12.1 Å². The van der Waals surface area contributed by atoms with Gasteiger partial charge in [0.1, 0.15) is 11.4 Å². The van der Waals surface area contributed by atoms with Crippen LogP contribution >= 0.6 is 11.8 Å². The number of carboxylic acids is 1. The van der Waals surface area contributed by atoms with Crippen molar-refractivity contribution in [3.63, 3.8) is 0 Å². The molecular formula is C12H8N2O3S. The van der Waals surface area contributed by atoms with Gasteiger partial charge in [0.15, 0.2) is 0 Å². The number of benzene rings is 1. The Balaban J connectivity index is 2.35. The molecule has 6 heteroatoms. The second kappa shape index (κ2) is 3.99. The predicted octanol–water partition coefficient (Wildman–Crippen LogP) is 1.54. The molecule has 1 aromatic heterocycles. The Hall–Kier alpha value is -2.08. The summed E-state index contributed by atoms with van der Waals surface area (Å²) in [7, 11) is 0. The van der Waals surface area contributed by atoms with Gasteiger partial charge in [-0.25, -0.2) is 9.78 Å². The highest BCUT2D eigenvalue weighted by Crippen LogP contribution is 2.32. The number of fused-ring (bicyclic) bond motifs is 3. The van der Waals surface area contributed by atoms with Gasteiger partial charge >= 0.3 is 5.97 Å². The van der Waals surface area contributed by atoms with Crippen molar-refractivity contribution in [2.75, 3.05) is 0 Å². The SMILES string of the molecule is O=C(O)c1cnc2n(c1=O)-c1ccccc1SC2. The third-order valence-electron chi connectivity index (χ3n) is 2.73. The van der Waals surface area contributed by atoms with Crippen LogP contribution in [0.25, 0.3) is 5.69 Å². The van der Waals surface area contributed by atoms with E-state index in [1.54, 1.807) is 17.8 Å². The summed E-state index contributed by atoms with van der Waals surface area (Å²) >= 11 is 1.58. The molecule has 0 spiro atoms. The topological polar surface area (TPSA) is 72.2 Å². The molecule has 0 aliphatic carbocycles. The Labute approximate surface area is 106 Å². The molecule has 1 aromatic carbocycles. The van der Waals surface area contributed by atoms with Gasteiger partial charge in [0.05, 0.1) is 11.4 Å². The van der Waals surface area contributed by atoms with Crippen molar-refractivity contribution in [1.82, 2.24) is 9.55 Å². The number of nitrogens with zero attached hydrogens (tertiary/aromatic N) is 2. The molecule has 1 N–H and O–H groups in total. The van der Waals surface area contributed by atoms with Gasteiger partial charge in [0.2, 0.25) is 0 Å². The van der Waals surface area contributed by atoms with E-state index in [4.69, 9.17) is 5.11 Å². The van der Waals surface area contributed by atoms with Crippen LogP contribution in [0.2, 0.25) is 0 Å². The van der Waals surface area contributed by atoms with Crippen molar-refractivity contribution in [2.24, 2.45) is 0 Å². The molecule has 0 atom stereocenters. The number of hydrogen-bond acceptors (Lipinski definition) is 4. The molecule has 0 bridgehead atoms. The van der Waals surface area contributed by atoms with Gasteiger partial charge in [0.25, 0.3) is 5.56 Å². The van der Waals surface area contributed by atoms with Crippen LogP contribution in [0.5, 0.6) is 0 Å². The second-order valence-electron chi connectivity index (χ2n) is 3.79. The highest BCUT2D eigenvalue weighted by molar-refractivity contribution is 7.98. The number of hydrogen-bond donors (Lipinski definition) is 1. The maximum Gasteiger partial charge on any atom is 0.342 e. The van der Waals surface area contributed by atoms with Gasteiger partial charge in [-0.3, -0.25) is 9.36 Å². The predicted molar refractivity (Wildman–Crippen MR) is 66.4 cm³/mol. The fourth-order valence-corrected chi connectivity index (χ4v) is 2.86. The first-order valence-corrected chi connectivity index (χ1v) is 6.23. The van der Waals surface area contributed by atoms with Crippen LogP contribution in [0.3, 0.4) is 0 Å². The van der Waals surface area contributed by atoms with Crippen LogP contribution in [0.4, 0.5) is 0 Å². The summed E-state index contributed by atoms with van der Waals surface area (Å²) in [5.74, 6) is -0.112. The van der Waals surface area contributed by atoms with Gasteiger partial charge in [-0.15, -0.1) is 11.8 Å². The van der Waals surface area contributed by atoms with Crippen molar-refractivity contribution in [3.05, 3.63) is 52.2 Å². The lowest BCUT2D eigenvalue weighted by Gasteiger charge is -2.20. The minimum Gasteiger partial charge on any atom is -0.477 e. The van der Waals surface area contributed by atoms with Crippen LogP contribution in [0.1, 0.15) is 16.2 Å². The molecule has 18 heavy (non-hydrogen) atoms. The number of carboxylic acid groups (broad SMARTS) is 1. The van der Waals surface area contributed by atoms with Crippen molar-refractivity contribution in [1.29, 1.82) is 0 Å². The normalized spacial score (nSPS) is 12.7. The van der Waals surface area contributed by atoms with Crippen molar-refractivity contribution < 1.29 is 9.90 Å². The van der Waals surface area contributed by atoms with E-state index in [1.165, 1.54) is 4.57 Å². The molecule has 0 fully saturated rings. The van der Waals surface area contributed by atoms with Crippen molar-refractivity contribution >= 4 is 17.7 Å². The molecule has 3 rings (SSSR count). The molecular weight excluding hydrogens is 252 g/mol. The van der Waals surface area contributed by atoms with E-state index in [0.29, 0.717) is 17.3 Å². The summed E-state index contributed by atoms with van der Waals surface area (Å²) in [6, 6.07) is 7.40. The number of aromatic nitrogens is 2. The molecule has 1 aliphatic rings. The number of aromatic carboxylic acids is 1. The second-order valence-corrected chi connectivity index (χ2v) is 4.81. The first kappa shape index (κ1) is 11.0. The lowest BCUT2D eigenvalue weighted by molar-refractivity contribution is 0.0694. The third-order valence-corrected chi connectivity index (χ3v) is 3.79. The summed E-state index contributed by atoms with van der Waals surface area (Å²) in [5.41, 5.74) is -0.134. The fraction of sp³-hybridized carbons (Fsp3) is 0.0833. The van der Waals surface area contributed by atoms with Crippen molar-refractivity contribution in [2.45, 2.75) is 10.6 Å². The summed E-state index contributed by atoms with van der Waals surface area (Å²) in [6.45, 7) is 0. The Morgan fingerprint density at radius 2 is 2.17 bits per heavy atom. The van der Waals surface area contributed by atoms with Crippen molar-refractivity contribution in [3.8, 4) is 5.69 Å². The Kier molecular flexibility index (Phi) is 2.45.